The zero-order valence-electron chi connectivity index (χ0n) is 17.8. The van der Waals surface area contributed by atoms with Gasteiger partial charge in [0, 0.05) is 11.8 Å². The highest BCUT2D eigenvalue weighted by Crippen LogP contribution is 2.25. The van der Waals surface area contributed by atoms with E-state index >= 15 is 0 Å². The van der Waals surface area contributed by atoms with Crippen LogP contribution in [0.25, 0.3) is 22.1 Å². The van der Waals surface area contributed by atoms with Crippen LogP contribution in [0.3, 0.4) is 0 Å². The lowest BCUT2D eigenvalue weighted by Gasteiger charge is -2.14. The third kappa shape index (κ3) is 4.49. The first-order chi connectivity index (χ1) is 15.4. The molecule has 6 heteroatoms. The van der Waals surface area contributed by atoms with Gasteiger partial charge >= 0.3 is 5.97 Å². The number of carboxylic acid groups (broad SMARTS) is 1. The van der Waals surface area contributed by atoms with E-state index in [0.717, 1.165) is 16.7 Å². The second-order valence-electron chi connectivity index (χ2n) is 7.59. The molecule has 0 unspecified atom stereocenters. The van der Waals surface area contributed by atoms with E-state index in [1.54, 1.807) is 31.4 Å². The minimum atomic E-state index is -1.11. The summed E-state index contributed by atoms with van der Waals surface area (Å²) in [7, 11) is 1.56. The van der Waals surface area contributed by atoms with E-state index in [9.17, 15) is 14.7 Å². The Morgan fingerprint density at radius 3 is 2.47 bits per heavy atom. The second kappa shape index (κ2) is 8.98. The van der Waals surface area contributed by atoms with Crippen LogP contribution in [0.1, 0.15) is 21.7 Å². The van der Waals surface area contributed by atoms with E-state index in [0.29, 0.717) is 16.7 Å². The molecule has 1 atom stereocenters. The molecule has 0 fully saturated rings. The number of hydrogen-bond acceptors (Lipinski definition) is 4. The molecular formula is C26H23NO5. The summed E-state index contributed by atoms with van der Waals surface area (Å²) in [5, 5.41) is 12.9. The van der Waals surface area contributed by atoms with Gasteiger partial charge in [-0.2, -0.15) is 0 Å². The molecule has 0 spiro atoms. The minimum absolute atomic E-state index is 0.0504. The molecule has 4 aromatic rings. The first-order valence-corrected chi connectivity index (χ1v) is 10.2. The fourth-order valence-electron chi connectivity index (χ4n) is 3.64. The van der Waals surface area contributed by atoms with Crippen LogP contribution in [0.5, 0.6) is 5.75 Å². The lowest BCUT2D eigenvalue weighted by Crippen LogP contribution is -2.42. The third-order valence-corrected chi connectivity index (χ3v) is 5.40. The van der Waals surface area contributed by atoms with Crippen molar-refractivity contribution in [2.24, 2.45) is 0 Å². The highest BCUT2D eigenvalue weighted by molar-refractivity contribution is 5.98. The number of nitrogens with one attached hydrogen (secondary N) is 1. The number of furan rings is 1. The highest BCUT2D eigenvalue weighted by atomic mass is 16.5. The lowest BCUT2D eigenvalue weighted by atomic mass is 9.98. The maximum absolute atomic E-state index is 12.7. The summed E-state index contributed by atoms with van der Waals surface area (Å²) in [6, 6.07) is 21.4. The number of rotatable bonds is 7. The van der Waals surface area contributed by atoms with Crippen LogP contribution in [0.4, 0.5) is 0 Å². The van der Waals surface area contributed by atoms with E-state index < -0.39 is 17.9 Å². The Labute approximate surface area is 185 Å². The maximum Gasteiger partial charge on any atom is 0.326 e. The number of aliphatic carboxylic acids is 1. The molecule has 0 saturated heterocycles. The van der Waals surface area contributed by atoms with Crippen LogP contribution in [-0.4, -0.2) is 30.1 Å². The van der Waals surface area contributed by atoms with E-state index in [1.807, 2.05) is 55.5 Å². The minimum Gasteiger partial charge on any atom is -0.497 e. The van der Waals surface area contributed by atoms with Crippen molar-refractivity contribution in [1.82, 2.24) is 5.32 Å². The van der Waals surface area contributed by atoms with Crippen LogP contribution >= 0.6 is 0 Å². The molecule has 1 heterocycles. The van der Waals surface area contributed by atoms with Gasteiger partial charge in [0.05, 0.1) is 7.11 Å². The van der Waals surface area contributed by atoms with Crippen LogP contribution < -0.4 is 10.1 Å². The molecule has 1 amide bonds. The Morgan fingerprint density at radius 1 is 1.03 bits per heavy atom. The smallest absolute Gasteiger partial charge is 0.326 e. The Hall–Kier alpha value is -4.06. The van der Waals surface area contributed by atoms with Gasteiger partial charge in [-0.3, -0.25) is 4.79 Å². The Balaban J connectivity index is 1.49. The fourth-order valence-corrected chi connectivity index (χ4v) is 3.64. The molecule has 3 aromatic carbocycles. The monoisotopic (exact) mass is 429 g/mol. The van der Waals surface area contributed by atoms with Crippen molar-refractivity contribution in [3.05, 3.63) is 89.7 Å². The molecular weight excluding hydrogens is 406 g/mol. The molecule has 162 valence electrons. The van der Waals surface area contributed by atoms with Crippen molar-refractivity contribution < 1.29 is 23.8 Å². The summed E-state index contributed by atoms with van der Waals surface area (Å²) >= 11 is 0. The van der Waals surface area contributed by atoms with Crippen LogP contribution in [0, 0.1) is 6.92 Å². The summed E-state index contributed by atoms with van der Waals surface area (Å²) in [5.74, 6) is -1.000. The molecule has 0 bridgehead atoms. The zero-order valence-corrected chi connectivity index (χ0v) is 17.8. The van der Waals surface area contributed by atoms with E-state index in [4.69, 9.17) is 9.15 Å². The molecule has 2 N–H and O–H groups in total. The van der Waals surface area contributed by atoms with Gasteiger partial charge in [-0.15, -0.1) is 0 Å². The average Bonchev–Trinajstić information content (AvgIpc) is 3.23. The molecule has 0 saturated carbocycles. The first kappa shape index (κ1) is 21.2. The van der Waals surface area contributed by atoms with E-state index in [2.05, 4.69) is 5.32 Å². The predicted octanol–water partition coefficient (Wildman–Crippen LogP) is 4.84. The number of fused-ring (bicyclic) bond motifs is 1. The summed E-state index contributed by atoms with van der Waals surface area (Å²) in [6.07, 6.45) is 0.156. The maximum atomic E-state index is 12.7. The first-order valence-electron chi connectivity index (χ1n) is 10.2. The van der Waals surface area contributed by atoms with Crippen LogP contribution in [0.15, 0.2) is 77.2 Å². The van der Waals surface area contributed by atoms with Crippen molar-refractivity contribution in [1.29, 1.82) is 0 Å². The molecule has 0 aliphatic heterocycles. The van der Waals surface area contributed by atoms with E-state index in [-0.39, 0.29) is 12.2 Å². The number of benzene rings is 3. The Kier molecular flexibility index (Phi) is 5.94. The molecule has 4 rings (SSSR count). The molecule has 6 nitrogen and oxygen atoms in total. The van der Waals surface area contributed by atoms with Crippen LogP contribution in [-0.2, 0) is 11.2 Å². The number of carboxylic acids is 1. The predicted molar refractivity (Wildman–Crippen MR) is 122 cm³/mol. The van der Waals surface area contributed by atoms with Crippen LogP contribution in [0.2, 0.25) is 0 Å². The van der Waals surface area contributed by atoms with Crippen molar-refractivity contribution in [2.45, 2.75) is 19.4 Å². The largest absolute Gasteiger partial charge is 0.497 e. The van der Waals surface area contributed by atoms with Gasteiger partial charge in [-0.1, -0.05) is 48.5 Å². The number of methoxy groups -OCH3 is 1. The molecule has 1 aromatic heterocycles. The van der Waals surface area contributed by atoms with Gasteiger partial charge in [0.15, 0.2) is 5.76 Å². The number of ether oxygens (including phenoxy) is 1. The average molecular weight is 429 g/mol. The molecule has 0 radical (unpaired) electrons. The summed E-state index contributed by atoms with van der Waals surface area (Å²) in [4.78, 5) is 24.4. The van der Waals surface area contributed by atoms with Gasteiger partial charge < -0.3 is 19.6 Å². The standard InChI is InChI=1S/C26H23NO5/c1-16-5-3-4-6-21(16)18-9-7-17(8-10-18)13-22(26(29)30)27-25(28)24-15-19-14-20(31-2)11-12-23(19)32-24/h3-12,14-15,22H,13H2,1-2H3,(H,27,28)(H,29,30)/t22-/m0/s1. The number of amides is 1. The molecule has 32 heavy (non-hydrogen) atoms. The third-order valence-electron chi connectivity index (χ3n) is 5.40. The lowest BCUT2D eigenvalue weighted by molar-refractivity contribution is -0.139. The van der Waals surface area contributed by atoms with Crippen molar-refractivity contribution >= 4 is 22.8 Å². The number of aryl methyl sites for hydroxylation is 1. The number of hydrogen-bond donors (Lipinski definition) is 2. The molecule has 0 aliphatic rings. The summed E-state index contributed by atoms with van der Waals surface area (Å²) < 4.78 is 10.8. The highest BCUT2D eigenvalue weighted by Gasteiger charge is 2.23. The summed E-state index contributed by atoms with van der Waals surface area (Å²) in [6.45, 7) is 2.05. The van der Waals surface area contributed by atoms with Gasteiger partial charge in [0.2, 0.25) is 0 Å². The van der Waals surface area contributed by atoms with Gasteiger partial charge in [-0.05, 0) is 53.4 Å². The van der Waals surface area contributed by atoms with Gasteiger partial charge in [0.1, 0.15) is 17.4 Å². The van der Waals surface area contributed by atoms with E-state index in [1.165, 1.54) is 5.56 Å². The summed E-state index contributed by atoms with van der Waals surface area (Å²) in [5.41, 5.74) is 4.68. The second-order valence-corrected chi connectivity index (χ2v) is 7.59. The SMILES string of the molecule is COc1ccc2oc(C(=O)N[C@@H](Cc3ccc(-c4ccccc4C)cc3)C(=O)O)cc2c1. The van der Waals surface area contributed by atoms with Crippen molar-refractivity contribution in [3.8, 4) is 16.9 Å². The van der Waals surface area contributed by atoms with Gasteiger partial charge in [-0.25, -0.2) is 4.79 Å². The van der Waals surface area contributed by atoms with Gasteiger partial charge in [0.25, 0.3) is 5.91 Å². The quantitative estimate of drug-likeness (QED) is 0.439. The number of carbonyl (C=O) groups excluding carboxylic acids is 1. The van der Waals surface area contributed by atoms with Crippen molar-refractivity contribution in [3.63, 3.8) is 0 Å². The van der Waals surface area contributed by atoms with Crippen molar-refractivity contribution in [2.75, 3.05) is 7.11 Å². The Bertz CT molecular complexity index is 1270. The normalized spacial score (nSPS) is 11.8. The topological polar surface area (TPSA) is 88.8 Å². The zero-order chi connectivity index (χ0) is 22.7. The fraction of sp³-hybridized carbons (Fsp3) is 0.154. The number of carbonyl (C=O) groups is 2. The Morgan fingerprint density at radius 2 is 1.78 bits per heavy atom. The molecule has 0 aliphatic carbocycles.